The maximum atomic E-state index is 11.1. The molecule has 2 aromatic rings. The summed E-state index contributed by atoms with van der Waals surface area (Å²) in [6.07, 6.45) is 1.22. The zero-order valence-electron chi connectivity index (χ0n) is 11.8. The van der Waals surface area contributed by atoms with Crippen LogP contribution in [0.1, 0.15) is 5.56 Å². The molecule has 0 unspecified atom stereocenters. The van der Waals surface area contributed by atoms with Crippen molar-refractivity contribution in [3.8, 4) is 5.75 Å². The van der Waals surface area contributed by atoms with Crippen molar-refractivity contribution in [3.05, 3.63) is 29.8 Å². The van der Waals surface area contributed by atoms with Gasteiger partial charge in [-0.1, -0.05) is 23.9 Å². The molecule has 0 bridgehead atoms. The smallest absolute Gasteiger partial charge is 0.209 e. The Bertz CT molecular complexity index is 683. The zero-order valence-corrected chi connectivity index (χ0v) is 13.4. The van der Waals surface area contributed by atoms with E-state index in [-0.39, 0.29) is 5.75 Å². The van der Waals surface area contributed by atoms with Gasteiger partial charge in [0.15, 0.2) is 0 Å². The lowest BCUT2D eigenvalue weighted by molar-refractivity contribution is 0.414. The Hall–Kier alpha value is -1.61. The Morgan fingerprint density at radius 2 is 2.00 bits per heavy atom. The molecule has 21 heavy (non-hydrogen) atoms. The molecule has 0 spiro atoms. The van der Waals surface area contributed by atoms with Gasteiger partial charge in [-0.15, -0.1) is 5.10 Å². The molecule has 0 aliphatic heterocycles. The second kappa shape index (κ2) is 6.90. The molecule has 2 rings (SSSR count). The summed E-state index contributed by atoms with van der Waals surface area (Å²) in [4.78, 5) is 0. The van der Waals surface area contributed by atoms with Crippen molar-refractivity contribution in [1.29, 1.82) is 0 Å². The maximum Gasteiger partial charge on any atom is 0.209 e. The number of tetrazole rings is 1. The number of hydrogen-bond acceptors (Lipinski definition) is 7. The van der Waals surface area contributed by atoms with Crippen molar-refractivity contribution in [2.45, 2.75) is 11.7 Å². The average Bonchev–Trinajstić information content (AvgIpc) is 2.86. The number of thioether (sulfide) groups is 1. The monoisotopic (exact) mass is 328 g/mol. The molecule has 0 aliphatic rings. The number of hydrogen-bond donors (Lipinski definition) is 0. The van der Waals surface area contributed by atoms with Crippen LogP contribution in [0.25, 0.3) is 0 Å². The van der Waals surface area contributed by atoms with Crippen LogP contribution in [0.4, 0.5) is 0 Å². The fraction of sp³-hybridized carbons (Fsp3) is 0.417. The molecule has 114 valence electrons. The van der Waals surface area contributed by atoms with Crippen molar-refractivity contribution >= 4 is 21.6 Å². The van der Waals surface area contributed by atoms with Crippen LogP contribution in [0, 0.1) is 0 Å². The van der Waals surface area contributed by atoms with E-state index in [9.17, 15) is 8.42 Å². The van der Waals surface area contributed by atoms with Gasteiger partial charge < -0.3 is 4.74 Å². The lowest BCUT2D eigenvalue weighted by Gasteiger charge is -2.05. The van der Waals surface area contributed by atoms with Gasteiger partial charge in [-0.05, 0) is 28.1 Å². The summed E-state index contributed by atoms with van der Waals surface area (Å²) in [5.74, 6) is 1.33. The number of rotatable bonds is 7. The van der Waals surface area contributed by atoms with Crippen LogP contribution in [0.15, 0.2) is 29.4 Å². The van der Waals surface area contributed by atoms with E-state index in [1.807, 2.05) is 24.3 Å². The summed E-state index contributed by atoms with van der Waals surface area (Å²) >= 11 is 1.33. The van der Waals surface area contributed by atoms with E-state index < -0.39 is 9.84 Å². The van der Waals surface area contributed by atoms with Crippen molar-refractivity contribution in [3.63, 3.8) is 0 Å². The van der Waals surface area contributed by atoms with Crippen molar-refractivity contribution in [2.75, 3.05) is 24.9 Å². The van der Waals surface area contributed by atoms with Crippen LogP contribution in [0.5, 0.6) is 5.75 Å². The van der Waals surface area contributed by atoms with Crippen LogP contribution in [0.2, 0.25) is 0 Å². The van der Waals surface area contributed by atoms with Gasteiger partial charge in [0.2, 0.25) is 5.16 Å². The number of aromatic nitrogens is 4. The molecule has 0 amide bonds. The van der Waals surface area contributed by atoms with Crippen LogP contribution in [-0.2, 0) is 16.4 Å². The van der Waals surface area contributed by atoms with E-state index in [1.54, 1.807) is 11.8 Å². The first-order valence-corrected chi connectivity index (χ1v) is 9.22. The van der Waals surface area contributed by atoms with Crippen LogP contribution in [-0.4, -0.2) is 53.5 Å². The van der Waals surface area contributed by atoms with Gasteiger partial charge >= 0.3 is 0 Å². The van der Waals surface area contributed by atoms with Crippen molar-refractivity contribution in [1.82, 2.24) is 20.2 Å². The number of benzene rings is 1. The first-order chi connectivity index (χ1) is 9.98. The minimum Gasteiger partial charge on any atom is -0.497 e. The van der Waals surface area contributed by atoms with Crippen LogP contribution in [0.3, 0.4) is 0 Å². The van der Waals surface area contributed by atoms with E-state index in [0.29, 0.717) is 17.5 Å². The fourth-order valence-electron chi connectivity index (χ4n) is 1.59. The van der Waals surface area contributed by atoms with Gasteiger partial charge in [-0.3, -0.25) is 0 Å². The summed E-state index contributed by atoms with van der Waals surface area (Å²) in [5.41, 5.74) is 1.04. The highest BCUT2D eigenvalue weighted by molar-refractivity contribution is 8.00. The summed E-state index contributed by atoms with van der Waals surface area (Å²) in [6, 6.07) is 7.61. The minimum atomic E-state index is -2.97. The SMILES string of the molecule is COc1ccc(Cn2nnnc2SCCS(C)(=O)=O)cc1. The van der Waals surface area contributed by atoms with Gasteiger partial charge in [0.25, 0.3) is 0 Å². The normalized spacial score (nSPS) is 11.5. The average molecular weight is 328 g/mol. The molecule has 1 aromatic carbocycles. The summed E-state index contributed by atoms with van der Waals surface area (Å²) in [5, 5.41) is 12.1. The van der Waals surface area contributed by atoms with E-state index in [4.69, 9.17) is 4.74 Å². The second-order valence-corrected chi connectivity index (χ2v) is 7.77. The number of methoxy groups -OCH3 is 1. The molecule has 7 nitrogen and oxygen atoms in total. The molecule has 0 radical (unpaired) electrons. The summed E-state index contributed by atoms with van der Waals surface area (Å²) in [7, 11) is -1.35. The highest BCUT2D eigenvalue weighted by atomic mass is 32.2. The molecule has 0 N–H and O–H groups in total. The van der Waals surface area contributed by atoms with Gasteiger partial charge in [0.05, 0.1) is 19.4 Å². The van der Waals surface area contributed by atoms with E-state index in [1.165, 1.54) is 18.0 Å². The predicted molar refractivity (Wildman–Crippen MR) is 80.3 cm³/mol. The third-order valence-electron chi connectivity index (χ3n) is 2.68. The quantitative estimate of drug-likeness (QED) is 0.697. The Labute approximate surface area is 127 Å². The van der Waals surface area contributed by atoms with Crippen molar-refractivity contribution in [2.24, 2.45) is 0 Å². The Morgan fingerprint density at radius 3 is 2.62 bits per heavy atom. The number of ether oxygens (including phenoxy) is 1. The van der Waals surface area contributed by atoms with Gasteiger partial charge in [-0.2, -0.15) is 0 Å². The number of nitrogens with zero attached hydrogens (tertiary/aromatic N) is 4. The molecule has 0 aliphatic carbocycles. The third-order valence-corrected chi connectivity index (χ3v) is 4.84. The lowest BCUT2D eigenvalue weighted by Crippen LogP contribution is -2.07. The van der Waals surface area contributed by atoms with Crippen molar-refractivity contribution < 1.29 is 13.2 Å². The van der Waals surface area contributed by atoms with E-state index >= 15 is 0 Å². The molecular formula is C12H16N4O3S2. The fourth-order valence-corrected chi connectivity index (χ4v) is 3.66. The first kappa shape index (κ1) is 15.8. The first-order valence-electron chi connectivity index (χ1n) is 6.17. The summed E-state index contributed by atoms with van der Waals surface area (Å²) in [6.45, 7) is 0.526. The highest BCUT2D eigenvalue weighted by Gasteiger charge is 2.09. The lowest BCUT2D eigenvalue weighted by atomic mass is 10.2. The third kappa shape index (κ3) is 5.01. The van der Waals surface area contributed by atoms with Gasteiger partial charge in [-0.25, -0.2) is 13.1 Å². The zero-order chi connectivity index (χ0) is 15.3. The Kier molecular flexibility index (Phi) is 5.18. The number of sulfone groups is 1. The molecule has 1 heterocycles. The predicted octanol–water partition coefficient (Wildman–Crippen LogP) is 0.867. The largest absolute Gasteiger partial charge is 0.497 e. The minimum absolute atomic E-state index is 0.104. The Morgan fingerprint density at radius 1 is 1.29 bits per heavy atom. The van der Waals surface area contributed by atoms with Crippen LogP contribution >= 0.6 is 11.8 Å². The molecule has 1 aromatic heterocycles. The molecule has 0 fully saturated rings. The van der Waals surface area contributed by atoms with E-state index in [2.05, 4.69) is 15.5 Å². The second-order valence-electron chi connectivity index (χ2n) is 4.45. The summed E-state index contributed by atoms with van der Waals surface area (Å²) < 4.78 is 29.0. The van der Waals surface area contributed by atoms with Crippen LogP contribution < -0.4 is 4.74 Å². The Balaban J connectivity index is 1.99. The molecule has 0 saturated heterocycles. The molecular weight excluding hydrogens is 312 g/mol. The molecule has 9 heteroatoms. The maximum absolute atomic E-state index is 11.1. The van der Waals surface area contributed by atoms with Gasteiger partial charge in [0, 0.05) is 12.0 Å². The van der Waals surface area contributed by atoms with E-state index in [0.717, 1.165) is 11.3 Å². The highest BCUT2D eigenvalue weighted by Crippen LogP contribution is 2.17. The standard InChI is InChI=1S/C12H16N4O3S2/c1-19-11-5-3-10(4-6-11)9-16-12(13-14-15-16)20-7-8-21(2,17)18/h3-6H,7-9H2,1-2H3. The molecule has 0 atom stereocenters. The van der Waals surface area contributed by atoms with Gasteiger partial charge in [0.1, 0.15) is 15.6 Å². The topological polar surface area (TPSA) is 87.0 Å². The molecule has 0 saturated carbocycles.